The Morgan fingerprint density at radius 1 is 1.16 bits per heavy atom. The van der Waals surface area contributed by atoms with Crippen LogP contribution in [0.4, 0.5) is 0 Å². The Hall–Kier alpha value is -0.0500. The van der Waals surface area contributed by atoms with Gasteiger partial charge in [-0.3, -0.25) is 0 Å². The molecule has 1 aliphatic rings. The van der Waals surface area contributed by atoms with Crippen molar-refractivity contribution < 1.29 is 4.74 Å². The summed E-state index contributed by atoms with van der Waals surface area (Å²) in [4.78, 5) is 0. The fourth-order valence-corrected chi connectivity index (χ4v) is 3.49. The molecule has 0 aliphatic heterocycles. The first-order valence-corrected chi connectivity index (χ1v) is 8.73. The highest BCUT2D eigenvalue weighted by Crippen LogP contribution is 2.37. The number of benzene rings is 1. The highest BCUT2D eigenvalue weighted by Gasteiger charge is 2.31. The molecule has 3 atom stereocenters. The molecule has 3 unspecified atom stereocenters. The number of rotatable bonds is 6. The molecule has 0 amide bonds. The Morgan fingerprint density at radius 3 is 2.68 bits per heavy atom. The summed E-state index contributed by atoms with van der Waals surface area (Å²) in [6.07, 6.45) is 5.85. The van der Waals surface area contributed by atoms with Gasteiger partial charge in [0.2, 0.25) is 0 Å². The fourth-order valence-electron chi connectivity index (χ4n) is 2.77. The van der Waals surface area contributed by atoms with Crippen LogP contribution in [0.15, 0.2) is 30.3 Å². The molecule has 0 heterocycles. The number of ether oxygens (including phenoxy) is 1. The maximum atomic E-state index is 6.35. The van der Waals surface area contributed by atoms with Gasteiger partial charge in [0.15, 0.2) is 0 Å². The fraction of sp³-hybridized carbons (Fsp3) is 0.625. The third-order valence-electron chi connectivity index (χ3n) is 3.81. The van der Waals surface area contributed by atoms with Crippen LogP contribution in [-0.2, 0) is 4.74 Å². The predicted molar refractivity (Wildman–Crippen MR) is 85.4 cm³/mol. The zero-order chi connectivity index (χ0) is 13.5. The first-order chi connectivity index (χ1) is 9.31. The molecule has 0 spiro atoms. The van der Waals surface area contributed by atoms with Gasteiger partial charge in [0.1, 0.15) is 0 Å². The number of hydrogen-bond donors (Lipinski definition) is 0. The van der Waals surface area contributed by atoms with E-state index in [2.05, 4.69) is 46.3 Å². The summed E-state index contributed by atoms with van der Waals surface area (Å²) in [7, 11) is 0. The van der Waals surface area contributed by atoms with Crippen LogP contribution in [0.2, 0.25) is 0 Å². The van der Waals surface area contributed by atoms with Crippen molar-refractivity contribution in [3.63, 3.8) is 0 Å². The second kappa shape index (κ2) is 8.28. The zero-order valence-electron chi connectivity index (χ0n) is 11.2. The standard InChI is InChI=1S/C16H22BrClO/c17-10-4-5-11-19-16-9-8-14(18)12-15(16)13-6-2-1-3-7-13/h1-3,6-7,14-16H,4-5,8-12H2. The van der Waals surface area contributed by atoms with E-state index in [1.54, 1.807) is 0 Å². The Morgan fingerprint density at radius 2 is 1.95 bits per heavy atom. The van der Waals surface area contributed by atoms with Gasteiger partial charge >= 0.3 is 0 Å². The Bertz CT molecular complexity index is 357. The lowest BCUT2D eigenvalue weighted by molar-refractivity contribution is 0.0126. The van der Waals surface area contributed by atoms with Crippen molar-refractivity contribution in [2.75, 3.05) is 11.9 Å². The third kappa shape index (κ3) is 4.77. The molecular weight excluding hydrogens is 324 g/mol. The minimum Gasteiger partial charge on any atom is -0.378 e. The molecule has 0 radical (unpaired) electrons. The second-order valence-corrected chi connectivity index (χ2v) is 6.64. The number of halogens is 2. The van der Waals surface area contributed by atoms with Crippen molar-refractivity contribution >= 4 is 27.5 Å². The summed E-state index contributed by atoms with van der Waals surface area (Å²) >= 11 is 9.81. The summed E-state index contributed by atoms with van der Waals surface area (Å²) in [6.45, 7) is 0.868. The van der Waals surface area contributed by atoms with Crippen LogP contribution in [0, 0.1) is 0 Å². The smallest absolute Gasteiger partial charge is 0.0644 e. The molecule has 2 rings (SSSR count). The minimum absolute atomic E-state index is 0.299. The first kappa shape index (κ1) is 15.3. The number of unbranched alkanes of at least 4 members (excludes halogenated alkanes) is 1. The van der Waals surface area contributed by atoms with E-state index < -0.39 is 0 Å². The lowest BCUT2D eigenvalue weighted by Gasteiger charge is -2.34. The molecule has 1 saturated carbocycles. The van der Waals surface area contributed by atoms with Crippen molar-refractivity contribution in [3.8, 4) is 0 Å². The summed E-state index contributed by atoms with van der Waals surface area (Å²) in [5.74, 6) is 0.460. The summed E-state index contributed by atoms with van der Waals surface area (Å²) in [5.41, 5.74) is 1.37. The van der Waals surface area contributed by atoms with Gasteiger partial charge in [0, 0.05) is 23.2 Å². The predicted octanol–water partition coefficient (Wildman–Crippen LogP) is 5.12. The topological polar surface area (TPSA) is 9.23 Å². The van der Waals surface area contributed by atoms with Crippen LogP contribution in [0.25, 0.3) is 0 Å². The van der Waals surface area contributed by atoms with Gasteiger partial charge in [-0.2, -0.15) is 0 Å². The van der Waals surface area contributed by atoms with E-state index in [-0.39, 0.29) is 0 Å². The highest BCUT2D eigenvalue weighted by molar-refractivity contribution is 9.09. The molecule has 1 aromatic rings. The Balaban J connectivity index is 1.95. The van der Waals surface area contributed by atoms with Crippen molar-refractivity contribution in [1.82, 2.24) is 0 Å². The van der Waals surface area contributed by atoms with E-state index in [0.717, 1.165) is 37.6 Å². The van der Waals surface area contributed by atoms with Crippen molar-refractivity contribution in [1.29, 1.82) is 0 Å². The molecule has 0 aromatic heterocycles. The average Bonchev–Trinajstić information content (AvgIpc) is 2.46. The van der Waals surface area contributed by atoms with Gasteiger partial charge in [0.05, 0.1) is 6.10 Å². The number of alkyl halides is 2. The SMILES string of the molecule is ClC1CCC(OCCCCBr)C(c2ccccc2)C1. The van der Waals surface area contributed by atoms with Gasteiger partial charge < -0.3 is 4.74 Å². The molecular formula is C16H22BrClO. The maximum absolute atomic E-state index is 6.35. The van der Waals surface area contributed by atoms with E-state index >= 15 is 0 Å². The molecule has 0 saturated heterocycles. The Labute approximate surface area is 129 Å². The van der Waals surface area contributed by atoms with Crippen molar-refractivity contribution in [3.05, 3.63) is 35.9 Å². The Kier molecular flexibility index (Phi) is 6.69. The van der Waals surface area contributed by atoms with Gasteiger partial charge in [-0.1, -0.05) is 46.3 Å². The van der Waals surface area contributed by atoms with Gasteiger partial charge in [-0.05, 0) is 37.7 Å². The molecule has 0 N–H and O–H groups in total. The zero-order valence-corrected chi connectivity index (χ0v) is 13.6. The molecule has 3 heteroatoms. The normalized spacial score (nSPS) is 27.4. The summed E-state index contributed by atoms with van der Waals surface area (Å²) in [6, 6.07) is 10.7. The van der Waals surface area contributed by atoms with E-state index in [9.17, 15) is 0 Å². The van der Waals surface area contributed by atoms with Crippen LogP contribution >= 0.6 is 27.5 Å². The molecule has 19 heavy (non-hydrogen) atoms. The molecule has 1 aromatic carbocycles. The van der Waals surface area contributed by atoms with E-state index in [1.165, 1.54) is 12.0 Å². The van der Waals surface area contributed by atoms with Crippen LogP contribution in [0.3, 0.4) is 0 Å². The monoisotopic (exact) mass is 344 g/mol. The molecule has 1 aliphatic carbocycles. The van der Waals surface area contributed by atoms with Crippen molar-refractivity contribution in [2.24, 2.45) is 0 Å². The minimum atomic E-state index is 0.299. The van der Waals surface area contributed by atoms with Crippen molar-refractivity contribution in [2.45, 2.75) is 49.5 Å². The second-order valence-electron chi connectivity index (χ2n) is 5.23. The largest absolute Gasteiger partial charge is 0.378 e. The van der Waals surface area contributed by atoms with Crippen LogP contribution in [0.5, 0.6) is 0 Å². The molecule has 1 nitrogen and oxygen atoms in total. The van der Waals surface area contributed by atoms with Gasteiger partial charge in [-0.25, -0.2) is 0 Å². The average molecular weight is 346 g/mol. The summed E-state index contributed by atoms with van der Waals surface area (Å²) < 4.78 is 6.12. The first-order valence-electron chi connectivity index (χ1n) is 7.18. The molecule has 106 valence electrons. The van der Waals surface area contributed by atoms with E-state index in [0.29, 0.717) is 17.4 Å². The number of hydrogen-bond acceptors (Lipinski definition) is 1. The van der Waals surface area contributed by atoms with E-state index in [4.69, 9.17) is 16.3 Å². The van der Waals surface area contributed by atoms with E-state index in [1.807, 2.05) is 0 Å². The maximum Gasteiger partial charge on any atom is 0.0644 e. The highest BCUT2D eigenvalue weighted by atomic mass is 79.9. The summed E-state index contributed by atoms with van der Waals surface area (Å²) in [5, 5.41) is 1.36. The quantitative estimate of drug-likeness (QED) is 0.513. The van der Waals surface area contributed by atoms with Crippen LogP contribution in [-0.4, -0.2) is 23.4 Å². The van der Waals surface area contributed by atoms with Gasteiger partial charge in [0.25, 0.3) is 0 Å². The molecule has 1 fully saturated rings. The lowest BCUT2D eigenvalue weighted by atomic mass is 9.81. The lowest BCUT2D eigenvalue weighted by Crippen LogP contribution is -2.30. The van der Waals surface area contributed by atoms with Crippen LogP contribution in [0.1, 0.15) is 43.6 Å². The molecule has 0 bridgehead atoms. The third-order valence-corrected chi connectivity index (χ3v) is 4.77. The van der Waals surface area contributed by atoms with Crippen LogP contribution < -0.4 is 0 Å². The van der Waals surface area contributed by atoms with Gasteiger partial charge in [-0.15, -0.1) is 11.6 Å².